The van der Waals surface area contributed by atoms with Crippen molar-refractivity contribution in [1.29, 1.82) is 0 Å². The minimum atomic E-state index is -0.405. The first kappa shape index (κ1) is 17.6. The zero-order valence-corrected chi connectivity index (χ0v) is 15.6. The van der Waals surface area contributed by atoms with Gasteiger partial charge in [-0.05, 0) is 38.8 Å². The minimum absolute atomic E-state index is 0.146. The number of imidazole rings is 1. The number of carbonyl (C=O) groups excluding carboxylic acids is 1. The Morgan fingerprint density at radius 3 is 2.93 bits per heavy atom. The van der Waals surface area contributed by atoms with E-state index in [1.165, 1.54) is 6.07 Å². The SMILES string of the molecule is CC(C)n1ccnc1[C@H]1CCCN(C(=O)c2ccc3cccc(F)c3n2)C1. The number of halogens is 1. The van der Waals surface area contributed by atoms with Crippen LogP contribution in [0.1, 0.15) is 55.0 Å². The average Bonchev–Trinajstić information content (AvgIpc) is 3.18. The number of aromatic nitrogens is 3. The summed E-state index contributed by atoms with van der Waals surface area (Å²) < 4.78 is 16.2. The van der Waals surface area contributed by atoms with E-state index in [9.17, 15) is 9.18 Å². The molecular weight excluding hydrogens is 343 g/mol. The molecule has 0 aliphatic carbocycles. The number of hydrogen-bond donors (Lipinski definition) is 0. The first-order chi connectivity index (χ1) is 13.0. The van der Waals surface area contributed by atoms with Crippen LogP contribution < -0.4 is 0 Å². The summed E-state index contributed by atoms with van der Waals surface area (Å²) in [5.74, 6) is 0.683. The summed E-state index contributed by atoms with van der Waals surface area (Å²) >= 11 is 0. The Hall–Kier alpha value is -2.76. The predicted octanol–water partition coefficient (Wildman–Crippen LogP) is 4.17. The molecule has 1 amide bonds. The fourth-order valence-corrected chi connectivity index (χ4v) is 3.84. The second-order valence-corrected chi connectivity index (χ2v) is 7.38. The molecule has 1 aliphatic heterocycles. The molecule has 0 unspecified atom stereocenters. The first-order valence-electron chi connectivity index (χ1n) is 9.42. The lowest BCUT2D eigenvalue weighted by molar-refractivity contribution is 0.0697. The van der Waals surface area contributed by atoms with E-state index in [2.05, 4.69) is 28.4 Å². The molecule has 140 valence electrons. The van der Waals surface area contributed by atoms with Crippen LogP contribution in [-0.2, 0) is 0 Å². The molecule has 0 saturated carbocycles. The van der Waals surface area contributed by atoms with Crippen LogP contribution in [0, 0.1) is 5.82 Å². The van der Waals surface area contributed by atoms with Gasteiger partial charge in [-0.25, -0.2) is 14.4 Å². The molecule has 1 atom stereocenters. The number of carbonyl (C=O) groups is 1. The van der Waals surface area contributed by atoms with Gasteiger partial charge in [-0.2, -0.15) is 0 Å². The molecule has 1 saturated heterocycles. The maximum absolute atomic E-state index is 14.0. The maximum Gasteiger partial charge on any atom is 0.272 e. The molecule has 4 rings (SSSR count). The third-order valence-corrected chi connectivity index (χ3v) is 5.22. The molecule has 3 heterocycles. The Balaban J connectivity index is 1.59. The van der Waals surface area contributed by atoms with Gasteiger partial charge in [-0.3, -0.25) is 4.79 Å². The summed E-state index contributed by atoms with van der Waals surface area (Å²) in [5, 5.41) is 0.696. The molecule has 0 bridgehead atoms. The van der Waals surface area contributed by atoms with Gasteiger partial charge in [0.25, 0.3) is 5.91 Å². The Kier molecular flexibility index (Phi) is 4.64. The van der Waals surface area contributed by atoms with Gasteiger partial charge in [0.05, 0.1) is 0 Å². The van der Waals surface area contributed by atoms with Crippen molar-refractivity contribution in [1.82, 2.24) is 19.4 Å². The largest absolute Gasteiger partial charge is 0.337 e. The molecule has 2 aromatic heterocycles. The smallest absolute Gasteiger partial charge is 0.272 e. The van der Waals surface area contributed by atoms with E-state index in [0.717, 1.165) is 18.7 Å². The lowest BCUT2D eigenvalue weighted by Crippen LogP contribution is -2.40. The summed E-state index contributed by atoms with van der Waals surface area (Å²) in [4.78, 5) is 23.7. The highest BCUT2D eigenvalue weighted by molar-refractivity contribution is 5.95. The Morgan fingerprint density at radius 2 is 2.11 bits per heavy atom. The van der Waals surface area contributed by atoms with Gasteiger partial charge < -0.3 is 9.47 Å². The summed E-state index contributed by atoms with van der Waals surface area (Å²) in [5.41, 5.74) is 0.535. The lowest BCUT2D eigenvalue weighted by atomic mass is 9.96. The number of nitrogens with zero attached hydrogens (tertiary/aromatic N) is 4. The number of piperidine rings is 1. The van der Waals surface area contributed by atoms with Crippen molar-refractivity contribution in [2.45, 2.75) is 38.6 Å². The summed E-state index contributed by atoms with van der Waals surface area (Å²) in [6, 6.07) is 8.58. The van der Waals surface area contributed by atoms with E-state index in [4.69, 9.17) is 0 Å². The van der Waals surface area contributed by atoms with Crippen LogP contribution in [0.3, 0.4) is 0 Å². The van der Waals surface area contributed by atoms with Crippen LogP contribution in [0.4, 0.5) is 4.39 Å². The van der Waals surface area contributed by atoms with E-state index >= 15 is 0 Å². The number of pyridine rings is 1. The number of rotatable bonds is 3. The van der Waals surface area contributed by atoms with Gasteiger partial charge >= 0.3 is 0 Å². The summed E-state index contributed by atoms with van der Waals surface area (Å²) in [6.45, 7) is 5.56. The number of hydrogen-bond acceptors (Lipinski definition) is 3. The van der Waals surface area contributed by atoms with E-state index in [1.807, 2.05) is 17.3 Å². The third kappa shape index (κ3) is 3.31. The zero-order chi connectivity index (χ0) is 19.0. The number of para-hydroxylation sites is 1. The van der Waals surface area contributed by atoms with Crippen LogP contribution >= 0.6 is 0 Å². The van der Waals surface area contributed by atoms with E-state index in [1.54, 1.807) is 24.3 Å². The summed E-state index contributed by atoms with van der Waals surface area (Å²) in [6.07, 6.45) is 5.74. The number of likely N-dealkylation sites (tertiary alicyclic amines) is 1. The highest BCUT2D eigenvalue weighted by Gasteiger charge is 2.29. The quantitative estimate of drug-likeness (QED) is 0.699. The van der Waals surface area contributed by atoms with Crippen molar-refractivity contribution >= 4 is 16.8 Å². The second-order valence-electron chi connectivity index (χ2n) is 7.38. The Labute approximate surface area is 157 Å². The molecule has 1 aromatic carbocycles. The molecular formula is C21H23FN4O. The monoisotopic (exact) mass is 366 g/mol. The molecule has 27 heavy (non-hydrogen) atoms. The fourth-order valence-electron chi connectivity index (χ4n) is 3.84. The van der Waals surface area contributed by atoms with Crippen LogP contribution in [-0.4, -0.2) is 38.4 Å². The molecule has 1 aliphatic rings. The standard InChI is InChI=1S/C21H23FN4O/c1-14(2)26-12-10-23-20(26)16-6-4-11-25(13-16)21(27)18-9-8-15-5-3-7-17(22)19(15)24-18/h3,5,7-10,12,14,16H,4,6,11,13H2,1-2H3/t16-/m0/s1. The Bertz CT molecular complexity index is 981. The summed E-state index contributed by atoms with van der Waals surface area (Å²) in [7, 11) is 0. The number of benzene rings is 1. The maximum atomic E-state index is 14.0. The average molecular weight is 366 g/mol. The van der Waals surface area contributed by atoms with E-state index in [-0.39, 0.29) is 17.3 Å². The van der Waals surface area contributed by atoms with E-state index in [0.29, 0.717) is 30.2 Å². The van der Waals surface area contributed by atoms with Gasteiger partial charge in [-0.1, -0.05) is 18.2 Å². The van der Waals surface area contributed by atoms with Crippen molar-refractivity contribution in [3.8, 4) is 0 Å². The van der Waals surface area contributed by atoms with E-state index < -0.39 is 5.82 Å². The van der Waals surface area contributed by atoms with Gasteiger partial charge in [-0.15, -0.1) is 0 Å². The van der Waals surface area contributed by atoms with Gasteiger partial charge in [0.15, 0.2) is 0 Å². The van der Waals surface area contributed by atoms with Crippen LogP contribution in [0.5, 0.6) is 0 Å². The highest BCUT2D eigenvalue weighted by Crippen LogP contribution is 2.28. The lowest BCUT2D eigenvalue weighted by Gasteiger charge is -2.33. The van der Waals surface area contributed by atoms with Gasteiger partial charge in [0.1, 0.15) is 22.9 Å². The van der Waals surface area contributed by atoms with Gasteiger partial charge in [0.2, 0.25) is 0 Å². The molecule has 1 fully saturated rings. The Morgan fingerprint density at radius 1 is 1.26 bits per heavy atom. The molecule has 3 aromatic rings. The van der Waals surface area contributed by atoms with Crippen LogP contribution in [0.25, 0.3) is 10.9 Å². The highest BCUT2D eigenvalue weighted by atomic mass is 19.1. The zero-order valence-electron chi connectivity index (χ0n) is 15.6. The fraction of sp³-hybridized carbons (Fsp3) is 0.381. The van der Waals surface area contributed by atoms with Crippen molar-refractivity contribution in [3.05, 3.63) is 60.1 Å². The number of amides is 1. The van der Waals surface area contributed by atoms with Crippen molar-refractivity contribution in [2.24, 2.45) is 0 Å². The molecule has 0 spiro atoms. The van der Waals surface area contributed by atoms with Gasteiger partial charge in [0, 0.05) is 42.8 Å². The third-order valence-electron chi connectivity index (χ3n) is 5.22. The molecule has 0 N–H and O–H groups in total. The van der Waals surface area contributed by atoms with Crippen molar-refractivity contribution < 1.29 is 9.18 Å². The normalized spacial score (nSPS) is 17.6. The topological polar surface area (TPSA) is 51.0 Å². The van der Waals surface area contributed by atoms with Crippen LogP contribution in [0.15, 0.2) is 42.7 Å². The molecule has 0 radical (unpaired) electrons. The molecule has 6 heteroatoms. The second kappa shape index (κ2) is 7.10. The van der Waals surface area contributed by atoms with Crippen molar-refractivity contribution in [2.75, 3.05) is 13.1 Å². The number of fused-ring (bicyclic) bond motifs is 1. The predicted molar refractivity (Wildman–Crippen MR) is 102 cm³/mol. The first-order valence-corrected chi connectivity index (χ1v) is 9.42. The van der Waals surface area contributed by atoms with Crippen LogP contribution in [0.2, 0.25) is 0 Å². The minimum Gasteiger partial charge on any atom is -0.337 e. The molecule has 5 nitrogen and oxygen atoms in total. The van der Waals surface area contributed by atoms with Crippen molar-refractivity contribution in [3.63, 3.8) is 0 Å².